The molecule has 0 saturated heterocycles. The summed E-state index contributed by atoms with van der Waals surface area (Å²) in [6.07, 6.45) is 2.75. The Hall–Kier alpha value is -1.38. The fourth-order valence-electron chi connectivity index (χ4n) is 1.70. The van der Waals surface area contributed by atoms with Gasteiger partial charge < -0.3 is 5.11 Å². The molecule has 0 spiro atoms. The Morgan fingerprint density at radius 2 is 1.88 bits per heavy atom. The van der Waals surface area contributed by atoms with Gasteiger partial charge in [-0.1, -0.05) is 29.8 Å². The normalized spacial score (nSPS) is 12.5. The molecule has 0 aliphatic carbocycles. The highest BCUT2D eigenvalue weighted by Crippen LogP contribution is 2.26. The lowest BCUT2D eigenvalue weighted by atomic mass is 10.0. The summed E-state index contributed by atoms with van der Waals surface area (Å²) in [6, 6.07) is 7.51. The maximum Gasteiger partial charge on any atom is 0.106 e. The van der Waals surface area contributed by atoms with Crippen LogP contribution in [0.2, 0.25) is 5.02 Å². The van der Waals surface area contributed by atoms with Crippen LogP contribution in [-0.4, -0.2) is 10.1 Å². The lowest BCUT2D eigenvalue weighted by Crippen LogP contribution is -2.01. The first kappa shape index (κ1) is 12.1. The van der Waals surface area contributed by atoms with Gasteiger partial charge in [-0.25, -0.2) is 0 Å². The molecule has 0 aliphatic heterocycles. The number of aliphatic hydroxyl groups excluding tert-OH is 1. The Kier molecular flexibility index (Phi) is 3.46. The number of hydrogen-bond acceptors (Lipinski definition) is 2. The van der Waals surface area contributed by atoms with Gasteiger partial charge in [0.05, 0.1) is 0 Å². The Morgan fingerprint density at radius 1 is 1.12 bits per heavy atom. The minimum Gasteiger partial charge on any atom is -0.384 e. The van der Waals surface area contributed by atoms with Crippen molar-refractivity contribution in [3.63, 3.8) is 0 Å². The molecule has 0 aliphatic rings. The highest BCUT2D eigenvalue weighted by atomic mass is 35.5. The molecule has 3 heteroatoms. The summed E-state index contributed by atoms with van der Waals surface area (Å²) in [4.78, 5) is 4.08. The second-order valence-electron chi connectivity index (χ2n) is 4.21. The van der Waals surface area contributed by atoms with E-state index in [1.165, 1.54) is 0 Å². The van der Waals surface area contributed by atoms with E-state index in [-0.39, 0.29) is 0 Å². The highest BCUT2D eigenvalue weighted by Gasteiger charge is 2.11. The zero-order valence-electron chi connectivity index (χ0n) is 9.81. The molecule has 1 aromatic heterocycles. The van der Waals surface area contributed by atoms with E-state index < -0.39 is 6.10 Å². The smallest absolute Gasteiger partial charge is 0.106 e. The molecule has 2 nitrogen and oxygen atoms in total. The summed E-state index contributed by atoms with van der Waals surface area (Å²) < 4.78 is 0. The van der Waals surface area contributed by atoms with Crippen molar-refractivity contribution in [1.29, 1.82) is 0 Å². The van der Waals surface area contributed by atoms with Crippen molar-refractivity contribution in [2.75, 3.05) is 0 Å². The zero-order valence-corrected chi connectivity index (χ0v) is 10.6. The maximum absolute atomic E-state index is 10.2. The summed E-state index contributed by atoms with van der Waals surface area (Å²) in [5, 5.41) is 10.9. The molecular weight excluding hydrogens is 234 g/mol. The SMILES string of the molecule is Cc1cncc(C(O)c2ccc(C)c(Cl)c2)c1. The molecule has 1 atom stereocenters. The van der Waals surface area contributed by atoms with Crippen molar-refractivity contribution in [3.8, 4) is 0 Å². The second kappa shape index (κ2) is 4.86. The van der Waals surface area contributed by atoms with Gasteiger partial charge in [0.1, 0.15) is 6.10 Å². The molecule has 0 radical (unpaired) electrons. The van der Waals surface area contributed by atoms with E-state index in [2.05, 4.69) is 4.98 Å². The fourth-order valence-corrected chi connectivity index (χ4v) is 1.89. The molecule has 0 fully saturated rings. The van der Waals surface area contributed by atoms with E-state index >= 15 is 0 Å². The minimum atomic E-state index is -0.680. The van der Waals surface area contributed by atoms with Gasteiger partial charge >= 0.3 is 0 Å². The minimum absolute atomic E-state index is 0.669. The number of nitrogens with zero attached hydrogens (tertiary/aromatic N) is 1. The van der Waals surface area contributed by atoms with E-state index in [1.807, 2.05) is 32.0 Å². The van der Waals surface area contributed by atoms with Gasteiger partial charge in [-0.3, -0.25) is 4.98 Å². The van der Waals surface area contributed by atoms with Crippen molar-refractivity contribution in [1.82, 2.24) is 4.98 Å². The van der Waals surface area contributed by atoms with Gasteiger partial charge in [0.25, 0.3) is 0 Å². The molecule has 2 rings (SSSR count). The van der Waals surface area contributed by atoms with Crippen LogP contribution in [0.3, 0.4) is 0 Å². The van der Waals surface area contributed by atoms with Crippen LogP contribution >= 0.6 is 11.6 Å². The van der Waals surface area contributed by atoms with Crippen molar-refractivity contribution >= 4 is 11.6 Å². The summed E-state index contributed by atoms with van der Waals surface area (Å²) in [6.45, 7) is 3.89. The van der Waals surface area contributed by atoms with E-state index in [0.29, 0.717) is 5.02 Å². The number of aromatic nitrogens is 1. The van der Waals surface area contributed by atoms with E-state index in [1.54, 1.807) is 18.5 Å². The molecule has 1 heterocycles. The maximum atomic E-state index is 10.2. The Balaban J connectivity index is 2.36. The van der Waals surface area contributed by atoms with E-state index in [0.717, 1.165) is 22.3 Å². The predicted molar refractivity (Wildman–Crippen MR) is 69.2 cm³/mol. The number of benzene rings is 1. The number of rotatable bonds is 2. The first-order chi connectivity index (χ1) is 8.08. The zero-order chi connectivity index (χ0) is 12.4. The quantitative estimate of drug-likeness (QED) is 0.882. The summed E-state index contributed by atoms with van der Waals surface area (Å²) >= 11 is 6.05. The molecule has 88 valence electrons. The van der Waals surface area contributed by atoms with Gasteiger partial charge in [-0.2, -0.15) is 0 Å². The standard InChI is InChI=1S/C14H14ClNO/c1-9-5-12(8-16-7-9)14(17)11-4-3-10(2)13(15)6-11/h3-8,14,17H,1-2H3. The molecule has 1 N–H and O–H groups in total. The molecule has 0 saturated carbocycles. The molecule has 17 heavy (non-hydrogen) atoms. The van der Waals surface area contributed by atoms with Crippen molar-refractivity contribution in [2.45, 2.75) is 20.0 Å². The number of halogens is 1. The summed E-state index contributed by atoms with van der Waals surface area (Å²) in [5.74, 6) is 0. The van der Waals surface area contributed by atoms with Crippen LogP contribution in [0.4, 0.5) is 0 Å². The topological polar surface area (TPSA) is 33.1 Å². The third-order valence-corrected chi connectivity index (χ3v) is 3.13. The third-order valence-electron chi connectivity index (χ3n) is 2.72. The Labute approximate surface area is 106 Å². The lowest BCUT2D eigenvalue weighted by molar-refractivity contribution is 0.220. The fraction of sp³-hybridized carbons (Fsp3) is 0.214. The largest absolute Gasteiger partial charge is 0.384 e. The van der Waals surface area contributed by atoms with Crippen LogP contribution in [0.1, 0.15) is 28.4 Å². The summed E-state index contributed by atoms with van der Waals surface area (Å²) in [5.41, 5.74) is 3.60. The first-order valence-corrected chi connectivity index (χ1v) is 5.81. The summed E-state index contributed by atoms with van der Waals surface area (Å²) in [7, 11) is 0. The highest BCUT2D eigenvalue weighted by molar-refractivity contribution is 6.31. The van der Waals surface area contributed by atoms with Gasteiger partial charge in [0.15, 0.2) is 0 Å². The van der Waals surface area contributed by atoms with Crippen LogP contribution in [0, 0.1) is 13.8 Å². The predicted octanol–water partition coefficient (Wildman–Crippen LogP) is 3.43. The number of aryl methyl sites for hydroxylation is 2. The van der Waals surface area contributed by atoms with Gasteiger partial charge in [-0.05, 0) is 36.6 Å². The Morgan fingerprint density at radius 3 is 2.53 bits per heavy atom. The average Bonchev–Trinajstić information content (AvgIpc) is 2.32. The van der Waals surface area contributed by atoms with Crippen LogP contribution in [0.15, 0.2) is 36.7 Å². The van der Waals surface area contributed by atoms with Gasteiger partial charge in [0, 0.05) is 23.0 Å². The Bertz CT molecular complexity index is 539. The van der Waals surface area contributed by atoms with Crippen LogP contribution in [-0.2, 0) is 0 Å². The van der Waals surface area contributed by atoms with E-state index in [4.69, 9.17) is 11.6 Å². The third kappa shape index (κ3) is 2.65. The second-order valence-corrected chi connectivity index (χ2v) is 4.61. The first-order valence-electron chi connectivity index (χ1n) is 5.43. The van der Waals surface area contributed by atoms with Crippen molar-refractivity contribution < 1.29 is 5.11 Å². The van der Waals surface area contributed by atoms with Crippen LogP contribution in [0.5, 0.6) is 0 Å². The van der Waals surface area contributed by atoms with Crippen molar-refractivity contribution in [3.05, 3.63) is 63.9 Å². The average molecular weight is 248 g/mol. The number of pyridine rings is 1. The van der Waals surface area contributed by atoms with Crippen LogP contribution in [0.25, 0.3) is 0 Å². The molecule has 2 aromatic rings. The molecule has 0 amide bonds. The number of aliphatic hydroxyl groups is 1. The lowest BCUT2D eigenvalue weighted by Gasteiger charge is -2.12. The molecule has 1 aromatic carbocycles. The molecule has 1 unspecified atom stereocenters. The van der Waals surface area contributed by atoms with Crippen LogP contribution < -0.4 is 0 Å². The van der Waals surface area contributed by atoms with E-state index in [9.17, 15) is 5.11 Å². The van der Waals surface area contributed by atoms with Gasteiger partial charge in [0.2, 0.25) is 0 Å². The van der Waals surface area contributed by atoms with Gasteiger partial charge in [-0.15, -0.1) is 0 Å². The van der Waals surface area contributed by atoms with Crippen molar-refractivity contribution in [2.24, 2.45) is 0 Å². The number of hydrogen-bond donors (Lipinski definition) is 1. The molecule has 0 bridgehead atoms. The molecular formula is C14H14ClNO. The monoisotopic (exact) mass is 247 g/mol.